The van der Waals surface area contributed by atoms with Gasteiger partial charge in [-0.2, -0.15) is 21.6 Å². The Labute approximate surface area is 64.9 Å². The molecule has 8 heteroatoms. The van der Waals surface area contributed by atoms with Crippen molar-refractivity contribution in [2.24, 2.45) is 0 Å². The van der Waals surface area contributed by atoms with Crippen LogP contribution in [0.2, 0.25) is 0 Å². The van der Waals surface area contributed by atoms with Crippen LogP contribution in [0.3, 0.4) is 0 Å². The largest absolute Gasteiger partial charge is 0.522 e. The van der Waals surface area contributed by atoms with Crippen molar-refractivity contribution >= 4 is 19.4 Å². The highest BCUT2D eigenvalue weighted by Gasteiger charge is 2.44. The van der Waals surface area contributed by atoms with Crippen LogP contribution in [-0.2, 0) is 10.1 Å². The van der Waals surface area contributed by atoms with E-state index in [1.165, 1.54) is 6.16 Å². The molecule has 0 bridgehead atoms. The van der Waals surface area contributed by atoms with Gasteiger partial charge < -0.3 is 0 Å². The summed E-state index contributed by atoms with van der Waals surface area (Å²) in [5.74, 6) is 0. The highest BCUT2D eigenvalue weighted by Crippen LogP contribution is 2.20. The lowest BCUT2D eigenvalue weighted by Gasteiger charge is -1.97. The maximum Gasteiger partial charge on any atom is 0.522 e. The molecule has 70 valence electrons. The second-order valence-electron chi connectivity index (χ2n) is 1.33. The van der Waals surface area contributed by atoms with Crippen LogP contribution in [0, 0.1) is 0 Å². The first-order valence-electron chi connectivity index (χ1n) is 2.40. The van der Waals surface area contributed by atoms with E-state index in [2.05, 4.69) is 16.2 Å². The molecular formula is C3H8F3O3PS. The Morgan fingerprint density at radius 3 is 1.55 bits per heavy atom. The Morgan fingerprint density at radius 1 is 1.45 bits per heavy atom. The maximum absolute atomic E-state index is 10.7. The monoisotopic (exact) mass is 212 g/mol. The van der Waals surface area contributed by atoms with Crippen LogP contribution >= 0.6 is 9.24 Å². The molecule has 0 aromatic carbocycles. The zero-order valence-electron chi connectivity index (χ0n) is 5.59. The molecule has 1 unspecified atom stereocenters. The van der Waals surface area contributed by atoms with E-state index in [-0.39, 0.29) is 0 Å². The third-order valence-corrected chi connectivity index (χ3v) is 0.877. The van der Waals surface area contributed by atoms with Crippen molar-refractivity contribution in [3.63, 3.8) is 0 Å². The van der Waals surface area contributed by atoms with Crippen LogP contribution in [0.5, 0.6) is 0 Å². The average Bonchev–Trinajstić information content (AvgIpc) is 1.60. The first-order chi connectivity index (χ1) is 4.66. The summed E-state index contributed by atoms with van der Waals surface area (Å²) in [6.45, 7) is 2.09. The van der Waals surface area contributed by atoms with Crippen molar-refractivity contribution in [3.05, 3.63) is 0 Å². The van der Waals surface area contributed by atoms with Gasteiger partial charge in [-0.3, -0.25) is 4.55 Å². The number of halogens is 3. The van der Waals surface area contributed by atoms with E-state index in [9.17, 15) is 13.2 Å². The van der Waals surface area contributed by atoms with Gasteiger partial charge in [0, 0.05) is 0 Å². The molecule has 0 aliphatic heterocycles. The summed E-state index contributed by atoms with van der Waals surface area (Å²) in [5.41, 5.74) is -5.53. The topological polar surface area (TPSA) is 54.4 Å². The van der Waals surface area contributed by atoms with Crippen LogP contribution in [-0.4, -0.2) is 24.6 Å². The van der Waals surface area contributed by atoms with E-state index in [4.69, 9.17) is 13.0 Å². The summed E-state index contributed by atoms with van der Waals surface area (Å²) in [4.78, 5) is 0. The molecule has 0 rings (SSSR count). The molecule has 0 heterocycles. The van der Waals surface area contributed by atoms with Crippen LogP contribution < -0.4 is 0 Å². The zero-order chi connectivity index (χ0) is 9.71. The Balaban J connectivity index is 0. The second-order valence-corrected chi connectivity index (χ2v) is 3.56. The van der Waals surface area contributed by atoms with E-state index in [0.29, 0.717) is 0 Å². The van der Waals surface area contributed by atoms with Gasteiger partial charge in [-0.25, -0.2) is 0 Å². The van der Waals surface area contributed by atoms with Crippen LogP contribution in [0.15, 0.2) is 0 Å². The van der Waals surface area contributed by atoms with Gasteiger partial charge in [-0.05, 0) is 6.16 Å². The third-order valence-electron chi connectivity index (χ3n) is 0.292. The smallest absolute Gasteiger partial charge is 0.279 e. The summed E-state index contributed by atoms with van der Waals surface area (Å²) in [5, 5.41) is 0. The number of hydrogen-bond acceptors (Lipinski definition) is 2. The fraction of sp³-hybridized carbons (Fsp3) is 1.00. The van der Waals surface area contributed by atoms with E-state index in [0.717, 1.165) is 0 Å². The fourth-order valence-electron chi connectivity index (χ4n) is 0. The van der Waals surface area contributed by atoms with Gasteiger partial charge in [-0.15, -0.1) is 9.24 Å². The molecule has 3 nitrogen and oxygen atoms in total. The van der Waals surface area contributed by atoms with Crippen molar-refractivity contribution in [1.29, 1.82) is 0 Å². The Morgan fingerprint density at radius 2 is 1.55 bits per heavy atom. The molecule has 11 heavy (non-hydrogen) atoms. The van der Waals surface area contributed by atoms with Crippen molar-refractivity contribution in [2.45, 2.75) is 12.4 Å². The number of hydrogen-bond donors (Lipinski definition) is 1. The summed E-state index contributed by atoms with van der Waals surface area (Å²) in [6.07, 6.45) is 1.17. The van der Waals surface area contributed by atoms with Crippen molar-refractivity contribution in [2.75, 3.05) is 6.16 Å². The van der Waals surface area contributed by atoms with Crippen molar-refractivity contribution < 1.29 is 26.1 Å². The van der Waals surface area contributed by atoms with Gasteiger partial charge in [0.15, 0.2) is 0 Å². The molecule has 0 amide bonds. The fourth-order valence-corrected chi connectivity index (χ4v) is 0. The van der Waals surface area contributed by atoms with Gasteiger partial charge in [0.2, 0.25) is 0 Å². The zero-order valence-corrected chi connectivity index (χ0v) is 7.56. The molecule has 0 radical (unpaired) electrons. The maximum atomic E-state index is 10.7. The SMILES string of the molecule is CCP.O=S(=O)(O)C(F)(F)F. The third kappa shape index (κ3) is 8.03. The lowest BCUT2D eigenvalue weighted by molar-refractivity contribution is -0.0510. The van der Waals surface area contributed by atoms with Crippen LogP contribution in [0.1, 0.15) is 6.92 Å². The van der Waals surface area contributed by atoms with E-state index >= 15 is 0 Å². The molecule has 0 fully saturated rings. The molecule has 0 spiro atoms. The summed E-state index contributed by atoms with van der Waals surface area (Å²) in [6, 6.07) is 0. The lowest BCUT2D eigenvalue weighted by Crippen LogP contribution is -2.21. The van der Waals surface area contributed by atoms with Crippen LogP contribution in [0.4, 0.5) is 13.2 Å². The molecule has 0 saturated carbocycles. The van der Waals surface area contributed by atoms with Crippen molar-refractivity contribution in [1.82, 2.24) is 0 Å². The normalized spacial score (nSPS) is 11.8. The highest BCUT2D eigenvalue weighted by atomic mass is 32.2. The lowest BCUT2D eigenvalue weighted by atomic mass is 11.0. The predicted molar refractivity (Wildman–Crippen MR) is 37.9 cm³/mol. The van der Waals surface area contributed by atoms with Gasteiger partial charge in [-0.1, -0.05) is 6.92 Å². The number of alkyl halides is 3. The Kier molecular flexibility index (Phi) is 6.10. The van der Waals surface area contributed by atoms with E-state index < -0.39 is 15.6 Å². The predicted octanol–water partition coefficient (Wildman–Crippen LogP) is 1.28. The molecule has 0 aromatic rings. The van der Waals surface area contributed by atoms with Gasteiger partial charge in [0.25, 0.3) is 0 Å². The number of rotatable bonds is 0. The first kappa shape index (κ1) is 13.7. The molecule has 0 aromatic heterocycles. The van der Waals surface area contributed by atoms with Crippen LogP contribution in [0.25, 0.3) is 0 Å². The molecule has 1 atom stereocenters. The quantitative estimate of drug-likeness (QED) is 0.374. The van der Waals surface area contributed by atoms with Gasteiger partial charge in [0.1, 0.15) is 0 Å². The molecule has 0 aliphatic carbocycles. The summed E-state index contributed by atoms with van der Waals surface area (Å²) in [7, 11) is -3.26. The standard InChI is InChI=1S/C2H7P.CHF3O3S/c1-2-3;2-1(3,4)8(5,6)7/h2-3H2,1H3;(H,5,6,7). The second kappa shape index (κ2) is 4.90. The average molecular weight is 212 g/mol. The summed E-state index contributed by atoms with van der Waals surface area (Å²) < 4.78 is 57.5. The first-order valence-corrected chi connectivity index (χ1v) is 4.66. The molecule has 1 N–H and O–H groups in total. The minimum atomic E-state index is -5.84. The summed E-state index contributed by atoms with van der Waals surface area (Å²) >= 11 is 0. The van der Waals surface area contributed by atoms with Gasteiger partial charge in [0.05, 0.1) is 0 Å². The highest BCUT2D eigenvalue weighted by molar-refractivity contribution is 7.86. The van der Waals surface area contributed by atoms with Crippen molar-refractivity contribution in [3.8, 4) is 0 Å². The van der Waals surface area contributed by atoms with Gasteiger partial charge >= 0.3 is 15.6 Å². The van der Waals surface area contributed by atoms with E-state index in [1.54, 1.807) is 0 Å². The van der Waals surface area contributed by atoms with E-state index in [1.807, 2.05) is 0 Å². The Hall–Kier alpha value is 0.130. The molecule has 0 saturated heterocycles. The minimum absolute atomic E-state index is 1.17. The minimum Gasteiger partial charge on any atom is -0.279 e. The molecule has 0 aliphatic rings. The molecular weight excluding hydrogens is 204 g/mol. The Bertz CT molecular complexity index is 184.